The number of fused-ring (bicyclic) bond motifs is 1. The minimum atomic E-state index is 0.574. The minimum Gasteiger partial charge on any atom is -0.379 e. The van der Waals surface area contributed by atoms with Crippen LogP contribution in [-0.4, -0.2) is 19.8 Å². The maximum atomic E-state index is 5.81. The monoisotopic (exact) mass is 279 g/mol. The zero-order valence-electron chi connectivity index (χ0n) is 11.4. The largest absolute Gasteiger partial charge is 0.379 e. The van der Waals surface area contributed by atoms with Crippen molar-refractivity contribution in [1.29, 1.82) is 0 Å². The average molecular weight is 279 g/mol. The molecule has 0 saturated heterocycles. The fourth-order valence-electron chi connectivity index (χ4n) is 2.01. The van der Waals surface area contributed by atoms with E-state index in [0.29, 0.717) is 26.4 Å². The molecule has 0 bridgehead atoms. The van der Waals surface area contributed by atoms with Crippen molar-refractivity contribution in [1.82, 2.24) is 0 Å². The lowest BCUT2D eigenvalue weighted by Gasteiger charge is -2.06. The lowest BCUT2D eigenvalue weighted by atomic mass is 10.1. The first-order valence-electron chi connectivity index (χ1n) is 6.71. The van der Waals surface area contributed by atoms with Crippen LogP contribution >= 0.6 is 11.3 Å². The van der Waals surface area contributed by atoms with Crippen molar-refractivity contribution >= 4 is 21.4 Å². The Labute approximate surface area is 118 Å². The number of hydrogen-bond acceptors (Lipinski definition) is 4. The summed E-state index contributed by atoms with van der Waals surface area (Å²) in [5.74, 6) is 0. The molecule has 1 aromatic carbocycles. The predicted octanol–water partition coefficient (Wildman–Crippen LogP) is 3.30. The van der Waals surface area contributed by atoms with Crippen LogP contribution in [0.5, 0.6) is 0 Å². The van der Waals surface area contributed by atoms with Crippen molar-refractivity contribution in [2.45, 2.75) is 26.5 Å². The number of rotatable bonds is 8. The second-order valence-corrected chi connectivity index (χ2v) is 5.51. The highest BCUT2D eigenvalue weighted by molar-refractivity contribution is 7.19. The summed E-state index contributed by atoms with van der Waals surface area (Å²) in [6.45, 7) is 5.39. The van der Waals surface area contributed by atoms with Gasteiger partial charge in [0.2, 0.25) is 0 Å². The second kappa shape index (κ2) is 7.60. The molecule has 0 aliphatic heterocycles. The topological polar surface area (TPSA) is 44.5 Å². The summed E-state index contributed by atoms with van der Waals surface area (Å²) in [6, 6.07) is 8.38. The molecule has 1 heterocycles. The fraction of sp³-hybridized carbons (Fsp3) is 0.467. The van der Waals surface area contributed by atoms with Crippen LogP contribution in [0, 0.1) is 0 Å². The number of benzene rings is 1. The molecular formula is C15H21NO2S. The molecule has 104 valence electrons. The highest BCUT2D eigenvalue weighted by atomic mass is 32.1. The van der Waals surface area contributed by atoms with E-state index >= 15 is 0 Å². The lowest BCUT2D eigenvalue weighted by Crippen LogP contribution is -2.06. The average Bonchev–Trinajstić information content (AvgIpc) is 2.81. The van der Waals surface area contributed by atoms with Crippen molar-refractivity contribution in [2.24, 2.45) is 5.73 Å². The van der Waals surface area contributed by atoms with Crippen molar-refractivity contribution < 1.29 is 9.47 Å². The highest BCUT2D eigenvalue weighted by Crippen LogP contribution is 2.31. The molecule has 0 fully saturated rings. The molecule has 1 aromatic heterocycles. The summed E-state index contributed by atoms with van der Waals surface area (Å²) in [6.07, 6.45) is 1.05. The van der Waals surface area contributed by atoms with E-state index in [-0.39, 0.29) is 0 Å². The summed E-state index contributed by atoms with van der Waals surface area (Å²) in [5.41, 5.74) is 7.05. The third kappa shape index (κ3) is 3.76. The van der Waals surface area contributed by atoms with Gasteiger partial charge in [-0.15, -0.1) is 11.3 Å². The predicted molar refractivity (Wildman–Crippen MR) is 80.5 cm³/mol. The third-order valence-corrected chi connectivity index (χ3v) is 4.17. The zero-order valence-corrected chi connectivity index (χ0v) is 12.2. The number of thiophene rings is 1. The Kier molecular flexibility index (Phi) is 5.79. The van der Waals surface area contributed by atoms with E-state index < -0.39 is 0 Å². The van der Waals surface area contributed by atoms with E-state index in [1.54, 1.807) is 11.3 Å². The standard InChI is InChI=1S/C15H21NO2S/c1-2-7-17-8-9-18-11-13-12-5-3-4-6-14(12)19-15(13)10-16/h3-6H,2,7-11,16H2,1H3. The molecule has 2 aromatic rings. The van der Waals surface area contributed by atoms with Crippen LogP contribution in [0.2, 0.25) is 0 Å². The quantitative estimate of drug-likeness (QED) is 0.754. The molecule has 0 atom stereocenters. The molecule has 0 unspecified atom stereocenters. The van der Waals surface area contributed by atoms with Gasteiger partial charge in [0.15, 0.2) is 0 Å². The molecule has 0 aliphatic rings. The molecule has 2 N–H and O–H groups in total. The maximum absolute atomic E-state index is 5.81. The minimum absolute atomic E-state index is 0.574. The lowest BCUT2D eigenvalue weighted by molar-refractivity contribution is 0.0411. The van der Waals surface area contributed by atoms with Crippen LogP contribution in [0.3, 0.4) is 0 Å². The van der Waals surface area contributed by atoms with Crippen molar-refractivity contribution in [3.8, 4) is 0 Å². The van der Waals surface area contributed by atoms with Crippen LogP contribution in [-0.2, 0) is 22.6 Å². The number of nitrogens with two attached hydrogens (primary N) is 1. The van der Waals surface area contributed by atoms with E-state index in [2.05, 4.69) is 31.2 Å². The van der Waals surface area contributed by atoms with Gasteiger partial charge in [-0.05, 0) is 17.9 Å². The number of ether oxygens (including phenoxy) is 2. The van der Waals surface area contributed by atoms with Gasteiger partial charge in [0.25, 0.3) is 0 Å². The molecule has 0 radical (unpaired) electrons. The Balaban J connectivity index is 1.95. The van der Waals surface area contributed by atoms with Gasteiger partial charge in [0.05, 0.1) is 19.8 Å². The molecule has 0 saturated carbocycles. The molecule has 0 aliphatic carbocycles. The first-order chi connectivity index (χ1) is 9.36. The molecule has 19 heavy (non-hydrogen) atoms. The summed E-state index contributed by atoms with van der Waals surface area (Å²) in [7, 11) is 0. The molecular weight excluding hydrogens is 258 g/mol. The van der Waals surface area contributed by atoms with E-state index in [4.69, 9.17) is 15.2 Å². The van der Waals surface area contributed by atoms with Crippen molar-refractivity contribution in [2.75, 3.05) is 19.8 Å². The number of hydrogen-bond donors (Lipinski definition) is 1. The summed E-state index contributed by atoms with van der Waals surface area (Å²) in [4.78, 5) is 1.22. The van der Waals surface area contributed by atoms with Gasteiger partial charge >= 0.3 is 0 Å². The second-order valence-electron chi connectivity index (χ2n) is 4.37. The van der Waals surface area contributed by atoms with Gasteiger partial charge in [0, 0.05) is 28.3 Å². The Morgan fingerprint density at radius 2 is 1.89 bits per heavy atom. The highest BCUT2D eigenvalue weighted by Gasteiger charge is 2.10. The first-order valence-corrected chi connectivity index (χ1v) is 7.53. The van der Waals surface area contributed by atoms with E-state index in [1.165, 1.54) is 20.5 Å². The van der Waals surface area contributed by atoms with Gasteiger partial charge < -0.3 is 15.2 Å². The van der Waals surface area contributed by atoms with Gasteiger partial charge in [-0.1, -0.05) is 25.1 Å². The summed E-state index contributed by atoms with van der Waals surface area (Å²) in [5, 5.41) is 1.27. The van der Waals surface area contributed by atoms with E-state index in [0.717, 1.165) is 13.0 Å². The van der Waals surface area contributed by atoms with Crippen molar-refractivity contribution in [3.05, 3.63) is 34.7 Å². The maximum Gasteiger partial charge on any atom is 0.0735 e. The Bertz CT molecular complexity index is 510. The van der Waals surface area contributed by atoms with Crippen LogP contribution in [0.1, 0.15) is 23.8 Å². The smallest absolute Gasteiger partial charge is 0.0735 e. The zero-order chi connectivity index (χ0) is 13.5. The van der Waals surface area contributed by atoms with Crippen LogP contribution < -0.4 is 5.73 Å². The van der Waals surface area contributed by atoms with Crippen LogP contribution in [0.25, 0.3) is 10.1 Å². The Hall–Kier alpha value is -0.940. The van der Waals surface area contributed by atoms with Gasteiger partial charge in [0.1, 0.15) is 0 Å². The fourth-order valence-corrected chi connectivity index (χ4v) is 3.10. The Morgan fingerprint density at radius 3 is 2.68 bits per heavy atom. The molecule has 4 heteroatoms. The van der Waals surface area contributed by atoms with Gasteiger partial charge in [-0.25, -0.2) is 0 Å². The van der Waals surface area contributed by atoms with Crippen LogP contribution in [0.4, 0.5) is 0 Å². The normalized spacial score (nSPS) is 11.3. The van der Waals surface area contributed by atoms with Gasteiger partial charge in [-0.3, -0.25) is 0 Å². The molecule has 3 nitrogen and oxygen atoms in total. The third-order valence-electron chi connectivity index (χ3n) is 2.93. The SMILES string of the molecule is CCCOCCOCc1c(CN)sc2ccccc12. The van der Waals surface area contributed by atoms with E-state index in [9.17, 15) is 0 Å². The summed E-state index contributed by atoms with van der Waals surface area (Å²) >= 11 is 1.76. The van der Waals surface area contributed by atoms with Crippen LogP contribution in [0.15, 0.2) is 24.3 Å². The molecule has 0 amide bonds. The van der Waals surface area contributed by atoms with Crippen molar-refractivity contribution in [3.63, 3.8) is 0 Å². The summed E-state index contributed by atoms with van der Waals surface area (Å²) < 4.78 is 12.4. The van der Waals surface area contributed by atoms with Gasteiger partial charge in [-0.2, -0.15) is 0 Å². The molecule has 2 rings (SSSR count). The first kappa shape index (κ1) is 14.5. The Morgan fingerprint density at radius 1 is 1.11 bits per heavy atom. The molecule has 0 spiro atoms. The van der Waals surface area contributed by atoms with E-state index in [1.807, 2.05) is 0 Å².